The maximum atomic E-state index is 12.0. The summed E-state index contributed by atoms with van der Waals surface area (Å²) in [5.74, 6) is 0.515. The Kier molecular flexibility index (Phi) is 4.47. The number of aliphatic hydroxyl groups is 1. The third kappa shape index (κ3) is 3.28. The first-order valence-corrected chi connectivity index (χ1v) is 6.95. The molecule has 2 rings (SSSR count). The van der Waals surface area contributed by atoms with Gasteiger partial charge in [0.05, 0.1) is 19.3 Å². The molecule has 5 nitrogen and oxygen atoms in total. The Hall–Kier alpha value is -1.07. The van der Waals surface area contributed by atoms with Crippen molar-refractivity contribution >= 4 is 6.09 Å². The molecule has 1 saturated heterocycles. The lowest BCUT2D eigenvalue weighted by Crippen LogP contribution is -2.60. The summed E-state index contributed by atoms with van der Waals surface area (Å²) in [5.41, 5.74) is 0. The van der Waals surface area contributed by atoms with Gasteiger partial charge in [0.25, 0.3) is 0 Å². The molecule has 19 heavy (non-hydrogen) atoms. The van der Waals surface area contributed by atoms with Crippen LogP contribution in [-0.4, -0.2) is 66.4 Å². The van der Waals surface area contributed by atoms with Crippen molar-refractivity contribution in [1.29, 1.82) is 0 Å². The fraction of sp³-hybridized carbons (Fsp3) is 0.786. The van der Waals surface area contributed by atoms with Gasteiger partial charge in [-0.25, -0.2) is 4.79 Å². The predicted octanol–water partition coefficient (Wildman–Crippen LogP) is 0.942. The molecule has 2 aliphatic heterocycles. The number of rotatable bonds is 2. The minimum Gasteiger partial charge on any atom is -0.449 e. The molecule has 108 valence electrons. The zero-order valence-corrected chi connectivity index (χ0v) is 12.0. The molecule has 0 aromatic heterocycles. The fourth-order valence-electron chi connectivity index (χ4n) is 2.85. The number of carbonyl (C=O) groups is 1. The van der Waals surface area contributed by atoms with E-state index >= 15 is 0 Å². The van der Waals surface area contributed by atoms with Gasteiger partial charge in [-0.15, -0.1) is 0 Å². The lowest BCUT2D eigenvalue weighted by molar-refractivity contribution is -0.0268. The van der Waals surface area contributed by atoms with Crippen molar-refractivity contribution in [2.45, 2.75) is 26.0 Å². The van der Waals surface area contributed by atoms with Crippen molar-refractivity contribution in [2.24, 2.45) is 11.8 Å². The van der Waals surface area contributed by atoms with Gasteiger partial charge in [0.2, 0.25) is 0 Å². The van der Waals surface area contributed by atoms with Crippen LogP contribution in [0.2, 0.25) is 0 Å². The highest BCUT2D eigenvalue weighted by atomic mass is 16.6. The van der Waals surface area contributed by atoms with Gasteiger partial charge in [0.1, 0.15) is 0 Å². The first-order chi connectivity index (χ1) is 8.99. The molecule has 0 spiro atoms. The molecule has 2 aliphatic rings. The number of carbonyl (C=O) groups excluding carboxylic acids is 1. The van der Waals surface area contributed by atoms with E-state index in [1.54, 1.807) is 4.90 Å². The summed E-state index contributed by atoms with van der Waals surface area (Å²) >= 11 is 0. The van der Waals surface area contributed by atoms with Gasteiger partial charge < -0.3 is 14.7 Å². The van der Waals surface area contributed by atoms with Gasteiger partial charge in [-0.1, -0.05) is 26.0 Å². The lowest BCUT2D eigenvalue weighted by Gasteiger charge is -2.45. The number of likely N-dealkylation sites (N-methyl/N-ethyl adjacent to an activating group) is 1. The number of likely N-dealkylation sites (tertiary alicyclic amines) is 1. The van der Waals surface area contributed by atoms with Gasteiger partial charge in [-0.2, -0.15) is 0 Å². The van der Waals surface area contributed by atoms with Crippen LogP contribution in [-0.2, 0) is 4.74 Å². The van der Waals surface area contributed by atoms with Crippen molar-refractivity contribution in [1.82, 2.24) is 9.80 Å². The van der Waals surface area contributed by atoms with Crippen LogP contribution in [0.3, 0.4) is 0 Å². The third-order valence-corrected chi connectivity index (χ3v) is 3.76. The Morgan fingerprint density at radius 3 is 2.89 bits per heavy atom. The second kappa shape index (κ2) is 5.92. The zero-order chi connectivity index (χ0) is 14.0. The van der Waals surface area contributed by atoms with Gasteiger partial charge in [-0.05, 0) is 13.0 Å². The highest BCUT2D eigenvalue weighted by Crippen LogP contribution is 2.26. The minimum atomic E-state index is -0.514. The van der Waals surface area contributed by atoms with Crippen LogP contribution in [0.5, 0.6) is 0 Å². The molecule has 1 fully saturated rings. The van der Waals surface area contributed by atoms with E-state index in [4.69, 9.17) is 4.74 Å². The number of amides is 1. The first-order valence-electron chi connectivity index (χ1n) is 6.95. The van der Waals surface area contributed by atoms with E-state index in [2.05, 4.69) is 17.1 Å². The summed E-state index contributed by atoms with van der Waals surface area (Å²) in [6.45, 7) is 6.28. The quantitative estimate of drug-likeness (QED) is 0.757. The monoisotopic (exact) mass is 268 g/mol. The van der Waals surface area contributed by atoms with Crippen LogP contribution in [0, 0.1) is 11.8 Å². The van der Waals surface area contributed by atoms with Crippen molar-refractivity contribution < 1.29 is 14.6 Å². The smallest absolute Gasteiger partial charge is 0.409 e. The van der Waals surface area contributed by atoms with Gasteiger partial charge in [0, 0.05) is 25.0 Å². The molecule has 0 radical (unpaired) electrons. The maximum absolute atomic E-state index is 12.0. The predicted molar refractivity (Wildman–Crippen MR) is 72.8 cm³/mol. The summed E-state index contributed by atoms with van der Waals surface area (Å²) < 4.78 is 5.24. The normalized spacial score (nSPS) is 31.4. The molecule has 1 N–H and O–H groups in total. The summed E-state index contributed by atoms with van der Waals surface area (Å²) in [5, 5.41) is 10.2. The Morgan fingerprint density at radius 2 is 2.21 bits per heavy atom. The molecular weight excluding hydrogens is 244 g/mol. The minimum absolute atomic E-state index is 0.110. The average Bonchev–Trinajstić information content (AvgIpc) is 2.35. The molecule has 3 unspecified atom stereocenters. The van der Waals surface area contributed by atoms with E-state index in [0.717, 1.165) is 6.54 Å². The standard InChI is InChI=1S/C14H24N2O3/c1-10(2)9-19-14(18)16-7-11-5-4-6-15(3)13(11)12(17)8-16/h4-5,10-13,17H,6-9H2,1-3H3. The van der Waals surface area contributed by atoms with Crippen molar-refractivity contribution in [3.63, 3.8) is 0 Å². The third-order valence-electron chi connectivity index (χ3n) is 3.76. The van der Waals surface area contributed by atoms with Crippen LogP contribution in [0.4, 0.5) is 4.79 Å². The van der Waals surface area contributed by atoms with E-state index in [9.17, 15) is 9.90 Å². The highest BCUT2D eigenvalue weighted by Gasteiger charge is 2.40. The van der Waals surface area contributed by atoms with E-state index in [1.807, 2.05) is 20.9 Å². The van der Waals surface area contributed by atoms with Crippen molar-refractivity contribution in [3.8, 4) is 0 Å². The Bertz CT molecular complexity index is 357. The second-order valence-electron chi connectivity index (χ2n) is 5.97. The van der Waals surface area contributed by atoms with Crippen molar-refractivity contribution in [2.75, 3.05) is 33.3 Å². The van der Waals surface area contributed by atoms with Gasteiger partial charge in [-0.3, -0.25) is 4.90 Å². The molecule has 1 amide bonds. The number of hydrogen-bond donors (Lipinski definition) is 1. The summed E-state index contributed by atoms with van der Waals surface area (Å²) in [4.78, 5) is 15.7. The van der Waals surface area contributed by atoms with Crippen LogP contribution in [0.1, 0.15) is 13.8 Å². The molecule has 0 aromatic carbocycles. The average molecular weight is 268 g/mol. The number of fused-ring (bicyclic) bond motifs is 1. The number of ether oxygens (including phenoxy) is 1. The van der Waals surface area contributed by atoms with Gasteiger partial charge >= 0.3 is 6.09 Å². The summed E-state index contributed by atoms with van der Waals surface area (Å²) in [7, 11) is 2.01. The number of nitrogens with zero attached hydrogens (tertiary/aromatic N) is 2. The molecule has 2 heterocycles. The first kappa shape index (κ1) is 14.3. The fourth-order valence-corrected chi connectivity index (χ4v) is 2.85. The Balaban J connectivity index is 1.97. The molecule has 3 atom stereocenters. The molecule has 0 aromatic rings. The summed E-state index contributed by atoms with van der Waals surface area (Å²) in [6, 6.07) is 0.110. The maximum Gasteiger partial charge on any atom is 0.409 e. The SMILES string of the molecule is CC(C)COC(=O)N1CC(O)C2C(C=CCN2C)C1. The van der Waals surface area contributed by atoms with Crippen LogP contribution in [0.15, 0.2) is 12.2 Å². The largest absolute Gasteiger partial charge is 0.449 e. The van der Waals surface area contributed by atoms with Crippen LogP contribution < -0.4 is 0 Å². The number of hydrogen-bond acceptors (Lipinski definition) is 4. The molecule has 0 aliphatic carbocycles. The number of β-amino-alcohol motifs (C(OH)–C–C–N with tert-alkyl or cyclic N) is 1. The number of aliphatic hydroxyl groups excluding tert-OH is 1. The zero-order valence-electron chi connectivity index (χ0n) is 12.0. The van der Waals surface area contributed by atoms with E-state index < -0.39 is 6.10 Å². The second-order valence-corrected chi connectivity index (χ2v) is 5.97. The van der Waals surface area contributed by atoms with E-state index in [1.165, 1.54) is 0 Å². The molecule has 5 heteroatoms. The highest BCUT2D eigenvalue weighted by molar-refractivity contribution is 5.68. The van der Waals surface area contributed by atoms with Crippen molar-refractivity contribution in [3.05, 3.63) is 12.2 Å². The van der Waals surface area contributed by atoms with Crippen LogP contribution in [0.25, 0.3) is 0 Å². The summed E-state index contributed by atoms with van der Waals surface area (Å²) in [6.07, 6.45) is 3.38. The molecule has 0 saturated carbocycles. The van der Waals surface area contributed by atoms with E-state index in [0.29, 0.717) is 25.6 Å². The van der Waals surface area contributed by atoms with Crippen LogP contribution >= 0.6 is 0 Å². The van der Waals surface area contributed by atoms with E-state index in [-0.39, 0.29) is 18.1 Å². The Labute approximate surface area is 114 Å². The number of piperidine rings is 1. The Morgan fingerprint density at radius 1 is 1.47 bits per heavy atom. The topological polar surface area (TPSA) is 53.0 Å². The van der Waals surface area contributed by atoms with Gasteiger partial charge in [0.15, 0.2) is 0 Å². The molecule has 0 bridgehead atoms. The molecular formula is C14H24N2O3. The lowest BCUT2D eigenvalue weighted by atomic mass is 9.86.